The van der Waals surface area contributed by atoms with Crippen molar-refractivity contribution < 1.29 is 34.4 Å². The van der Waals surface area contributed by atoms with Crippen molar-refractivity contribution in [1.82, 2.24) is 9.97 Å². The summed E-state index contributed by atoms with van der Waals surface area (Å²) in [7, 11) is 0. The third-order valence-electron chi connectivity index (χ3n) is 7.46. The van der Waals surface area contributed by atoms with Gasteiger partial charge in [-0.2, -0.15) is 0 Å². The predicted molar refractivity (Wildman–Crippen MR) is 185 cm³/mol. The van der Waals surface area contributed by atoms with E-state index in [0.717, 1.165) is 45.3 Å². The van der Waals surface area contributed by atoms with E-state index in [-0.39, 0.29) is 31.5 Å². The van der Waals surface area contributed by atoms with Crippen LogP contribution < -0.4 is 4.40 Å². The Balaban J connectivity index is 0.000000216. The van der Waals surface area contributed by atoms with E-state index >= 15 is 0 Å². The summed E-state index contributed by atoms with van der Waals surface area (Å²) in [6, 6.07) is 25.6. The van der Waals surface area contributed by atoms with E-state index in [1.165, 1.54) is 28.2 Å². The second-order valence-corrected chi connectivity index (χ2v) is 23.4. The number of hydrogen-bond acceptors (Lipinski definition) is 3. The van der Waals surface area contributed by atoms with Crippen molar-refractivity contribution in [3.63, 3.8) is 0 Å². The summed E-state index contributed by atoms with van der Waals surface area (Å²) in [6.45, 7) is 6.05. The molecule has 235 valence electrons. The largest absolute Gasteiger partial charge is 0 e. The fourth-order valence-electron chi connectivity index (χ4n) is 5.31. The van der Waals surface area contributed by atoms with Crippen LogP contribution >= 0.6 is 0 Å². The quantitative estimate of drug-likeness (QED) is 0.124. The van der Waals surface area contributed by atoms with Crippen LogP contribution in [0.1, 0.15) is 55.8 Å². The summed E-state index contributed by atoms with van der Waals surface area (Å²) in [6.07, 6.45) is 4.73. The third-order valence-corrected chi connectivity index (χ3v) is 11.7. The molecule has 1 radical (unpaired) electrons. The van der Waals surface area contributed by atoms with Crippen LogP contribution in [0, 0.1) is 30.7 Å². The third kappa shape index (κ3) is 8.19. The monoisotopic (exact) mass is 843 g/mol. The van der Waals surface area contributed by atoms with Crippen LogP contribution in [0.25, 0.3) is 44.5 Å². The van der Waals surface area contributed by atoms with Gasteiger partial charge in [-0.15, -0.1) is 18.2 Å². The zero-order valence-corrected chi connectivity index (χ0v) is 31.3. The van der Waals surface area contributed by atoms with Crippen molar-refractivity contribution in [2.24, 2.45) is 5.92 Å². The van der Waals surface area contributed by atoms with E-state index in [1.807, 2.05) is 50.5 Å². The molecule has 0 aliphatic heterocycles. The first-order chi connectivity index (χ1) is 22.4. The number of hydrogen-bond donors (Lipinski definition) is 0. The molecule has 0 aliphatic carbocycles. The number of pyridine rings is 2. The number of aryl methyl sites for hydroxylation is 1. The minimum atomic E-state index is -2.14. The van der Waals surface area contributed by atoms with Gasteiger partial charge in [-0.1, -0.05) is 36.4 Å². The molecule has 45 heavy (non-hydrogen) atoms. The Morgan fingerprint density at radius 2 is 1.73 bits per heavy atom. The summed E-state index contributed by atoms with van der Waals surface area (Å²) in [5.41, 5.74) is 6.90. The Hall–Kier alpha value is -3.12. The fraction of sp³-hybridized carbons (Fsp3) is 0.282. The van der Waals surface area contributed by atoms with Crippen LogP contribution in [0.5, 0.6) is 0 Å². The van der Waals surface area contributed by atoms with Gasteiger partial charge in [-0.3, -0.25) is 0 Å². The summed E-state index contributed by atoms with van der Waals surface area (Å²) in [5, 5.41) is 1.86. The van der Waals surface area contributed by atoms with Gasteiger partial charge >= 0.3 is 131 Å². The van der Waals surface area contributed by atoms with Crippen molar-refractivity contribution in [1.29, 1.82) is 0 Å². The van der Waals surface area contributed by atoms with Crippen molar-refractivity contribution in [3.8, 4) is 22.5 Å². The average Bonchev–Trinajstić information content (AvgIpc) is 3.37. The molecule has 6 rings (SSSR count). The molecule has 6 heteroatoms. The fourth-order valence-corrected chi connectivity index (χ4v) is 8.63. The van der Waals surface area contributed by atoms with Crippen LogP contribution in [0.3, 0.4) is 0 Å². The first-order valence-corrected chi connectivity index (χ1v) is 22.3. The van der Waals surface area contributed by atoms with E-state index in [1.54, 1.807) is 18.2 Å². The van der Waals surface area contributed by atoms with Crippen LogP contribution in [-0.2, 0) is 26.5 Å². The number of fused-ring (bicyclic) bond motifs is 3. The Labute approximate surface area is 289 Å². The van der Waals surface area contributed by atoms with Crippen LogP contribution in [0.2, 0.25) is 17.3 Å². The van der Waals surface area contributed by atoms with Gasteiger partial charge in [-0.05, 0) is 36.2 Å². The van der Waals surface area contributed by atoms with Crippen molar-refractivity contribution in [3.05, 3.63) is 114 Å². The van der Waals surface area contributed by atoms with Gasteiger partial charge in [0.2, 0.25) is 0 Å². The van der Waals surface area contributed by atoms with Crippen molar-refractivity contribution >= 4 is 39.6 Å². The van der Waals surface area contributed by atoms with Gasteiger partial charge in [0.25, 0.3) is 0 Å². The molecule has 0 N–H and O–H groups in total. The van der Waals surface area contributed by atoms with E-state index in [2.05, 4.69) is 59.3 Å². The Morgan fingerprint density at radius 3 is 2.40 bits per heavy atom. The summed E-state index contributed by atoms with van der Waals surface area (Å²) in [5.74, 6) is 6.46. The average molecular weight is 842 g/mol. The van der Waals surface area contributed by atoms with Crippen LogP contribution in [0.4, 0.5) is 4.39 Å². The van der Waals surface area contributed by atoms with E-state index in [9.17, 15) is 4.39 Å². The maximum absolute atomic E-state index is 13.5. The molecular weight excluding hydrogens is 796 g/mol. The molecular formula is C39H41FGeIrN2O-2. The molecule has 0 aliphatic rings. The van der Waals surface area contributed by atoms with Gasteiger partial charge < -0.3 is 9.40 Å². The van der Waals surface area contributed by atoms with E-state index in [0.29, 0.717) is 17.1 Å². The van der Waals surface area contributed by atoms with Gasteiger partial charge in [0.1, 0.15) is 11.4 Å². The molecule has 3 heterocycles. The van der Waals surface area contributed by atoms with Gasteiger partial charge in [-0.25, -0.2) is 4.39 Å². The van der Waals surface area contributed by atoms with Gasteiger partial charge in [0.05, 0.1) is 5.58 Å². The predicted octanol–water partition coefficient (Wildman–Crippen LogP) is 10.3. The smallest absolute Gasteiger partial charge is 0 e. The zero-order valence-electron chi connectivity index (χ0n) is 30.8. The zero-order chi connectivity index (χ0) is 35.0. The summed E-state index contributed by atoms with van der Waals surface area (Å²) in [4.78, 5) is 9.06. The number of nitrogens with zero attached hydrogens (tertiary/aromatic N) is 2. The second kappa shape index (κ2) is 14.5. The number of halogens is 1. The Bertz CT molecular complexity index is 2060. The minimum absolute atomic E-state index is 0. The normalized spacial score (nSPS) is 13.4. The minimum Gasteiger partial charge on any atom is 0 e. The Kier molecular flexibility index (Phi) is 9.46. The number of rotatable bonds is 6. The summed E-state index contributed by atoms with van der Waals surface area (Å²) < 4.78 is 51.5. The number of benzene rings is 3. The number of aromatic nitrogens is 2. The van der Waals surface area contributed by atoms with Gasteiger partial charge in [0, 0.05) is 37.8 Å². The maximum Gasteiger partial charge on any atom is 0 e. The molecule has 0 saturated carbocycles. The topological polar surface area (TPSA) is 38.9 Å². The molecule has 3 aromatic heterocycles. The molecule has 6 aromatic rings. The summed E-state index contributed by atoms with van der Waals surface area (Å²) >= 11 is -2.14. The molecule has 0 unspecified atom stereocenters. The first kappa shape index (κ1) is 29.3. The molecule has 0 atom stereocenters. The molecule has 3 aromatic carbocycles. The molecule has 0 amide bonds. The van der Waals surface area contributed by atoms with E-state index in [4.69, 9.17) is 9.90 Å². The second-order valence-electron chi connectivity index (χ2n) is 12.8. The number of furan rings is 1. The molecule has 0 bridgehead atoms. The molecule has 0 fully saturated rings. The van der Waals surface area contributed by atoms with Crippen LogP contribution in [0.15, 0.2) is 83.5 Å². The standard InChI is InChI=1S/C21H17FNO.C18H24GeN.Ir/c1-13(2)10-14-8-9-23-19(11-14)18-5-3-4-17-16-7-6-15(22)12-20(16)24-21(17)18;1-13(2)16-11-18(15-9-7-14(3)8-10-15)20-12-17(16)19(4,5)6;/h3-4,6-9,11-13H,10H2,1-2H3;7-9,11-13H,1-6H3;/q2*-1;/i;3D3,13D;. The van der Waals surface area contributed by atoms with E-state index < -0.39 is 26.0 Å². The SMILES string of the molecule is CC(C)Cc1ccnc(-c2[c-]ccc3c2oc2cc(F)ccc23)c1.[2H]C([2H])([2H])c1c[c-]c(-c2cc(C([2H])(C)C)[c]([Ge]([CH3])([CH3])[CH3])cn2)cc1.[Ir]. The van der Waals surface area contributed by atoms with Crippen molar-refractivity contribution in [2.75, 3.05) is 0 Å². The molecule has 3 nitrogen and oxygen atoms in total. The molecule has 0 saturated heterocycles. The Morgan fingerprint density at radius 1 is 0.933 bits per heavy atom. The van der Waals surface area contributed by atoms with Crippen LogP contribution in [-0.4, -0.2) is 23.2 Å². The maximum atomic E-state index is 13.5. The first-order valence-electron chi connectivity index (χ1n) is 16.9. The van der Waals surface area contributed by atoms with Crippen molar-refractivity contribution in [2.45, 2.75) is 64.1 Å². The van der Waals surface area contributed by atoms with Gasteiger partial charge in [0.15, 0.2) is 0 Å². The molecule has 0 spiro atoms.